The van der Waals surface area contributed by atoms with Crippen molar-refractivity contribution < 1.29 is 14.0 Å². The van der Waals surface area contributed by atoms with Crippen molar-refractivity contribution in [3.8, 4) is 0 Å². The van der Waals surface area contributed by atoms with Crippen molar-refractivity contribution >= 4 is 11.9 Å². The number of rotatable bonds is 5. The first-order valence-corrected chi connectivity index (χ1v) is 8.94. The number of benzene rings is 1. The molecule has 1 aliphatic rings. The Morgan fingerprint density at radius 2 is 1.92 bits per heavy atom. The van der Waals surface area contributed by atoms with Gasteiger partial charge in [-0.3, -0.25) is 4.79 Å². The zero-order valence-electron chi connectivity index (χ0n) is 15.0. The maximum absolute atomic E-state index is 12.7. The fourth-order valence-corrected chi connectivity index (χ4v) is 3.28. The lowest BCUT2D eigenvalue weighted by molar-refractivity contribution is -0.132. The summed E-state index contributed by atoms with van der Waals surface area (Å²) in [6.07, 6.45) is 3.16. The smallest absolute Gasteiger partial charge is 0.317 e. The van der Waals surface area contributed by atoms with E-state index in [-0.39, 0.29) is 11.9 Å². The second-order valence-corrected chi connectivity index (χ2v) is 6.99. The second-order valence-electron chi connectivity index (χ2n) is 6.99. The van der Waals surface area contributed by atoms with Gasteiger partial charge in [-0.25, -0.2) is 4.79 Å². The topological polar surface area (TPSA) is 74.6 Å². The number of carbonyl (C=O) groups excluding carboxylic acids is 2. The fourth-order valence-electron chi connectivity index (χ4n) is 3.28. The number of piperidine rings is 1. The number of amides is 3. The summed E-state index contributed by atoms with van der Waals surface area (Å²) >= 11 is 0. The molecule has 0 bridgehead atoms. The van der Waals surface area contributed by atoms with Gasteiger partial charge in [0.15, 0.2) is 0 Å². The SMILES string of the molecule is C[C@]1(C(=O)NCc2ccccc2)CCCN(C(=O)NCc2ccco2)C1. The molecule has 0 aliphatic carbocycles. The molecule has 6 heteroatoms. The van der Waals surface area contributed by atoms with Crippen LogP contribution < -0.4 is 10.6 Å². The Kier molecular flexibility index (Phi) is 5.61. The van der Waals surface area contributed by atoms with Gasteiger partial charge in [-0.1, -0.05) is 30.3 Å². The minimum atomic E-state index is -0.574. The van der Waals surface area contributed by atoms with Crippen LogP contribution in [0.4, 0.5) is 4.79 Å². The molecule has 3 amide bonds. The normalized spacial score (nSPS) is 19.8. The maximum atomic E-state index is 12.7. The number of urea groups is 1. The van der Waals surface area contributed by atoms with Crippen LogP contribution in [0.5, 0.6) is 0 Å². The van der Waals surface area contributed by atoms with Crippen molar-refractivity contribution in [1.29, 1.82) is 0 Å². The summed E-state index contributed by atoms with van der Waals surface area (Å²) in [6, 6.07) is 13.3. The molecule has 1 aromatic carbocycles. The summed E-state index contributed by atoms with van der Waals surface area (Å²) in [5, 5.41) is 5.86. The molecule has 0 saturated carbocycles. The van der Waals surface area contributed by atoms with Gasteiger partial charge in [-0.05, 0) is 37.5 Å². The molecule has 1 fully saturated rings. The summed E-state index contributed by atoms with van der Waals surface area (Å²) in [5.74, 6) is 0.698. The number of hydrogen-bond acceptors (Lipinski definition) is 3. The predicted octanol–water partition coefficient (Wildman–Crippen LogP) is 2.91. The highest BCUT2D eigenvalue weighted by Crippen LogP contribution is 2.30. The predicted molar refractivity (Wildman–Crippen MR) is 98.1 cm³/mol. The monoisotopic (exact) mass is 355 g/mol. The van der Waals surface area contributed by atoms with Crippen molar-refractivity contribution in [2.24, 2.45) is 5.41 Å². The molecule has 0 unspecified atom stereocenters. The van der Waals surface area contributed by atoms with E-state index in [0.717, 1.165) is 18.4 Å². The average Bonchev–Trinajstić information content (AvgIpc) is 3.18. The van der Waals surface area contributed by atoms with Gasteiger partial charge in [-0.15, -0.1) is 0 Å². The van der Waals surface area contributed by atoms with Gasteiger partial charge in [0.1, 0.15) is 5.76 Å². The Morgan fingerprint density at radius 3 is 2.65 bits per heavy atom. The molecule has 3 rings (SSSR count). The summed E-state index contributed by atoms with van der Waals surface area (Å²) in [7, 11) is 0. The molecule has 2 heterocycles. The molecule has 2 N–H and O–H groups in total. The molecule has 26 heavy (non-hydrogen) atoms. The van der Waals surface area contributed by atoms with E-state index in [2.05, 4.69) is 10.6 Å². The van der Waals surface area contributed by atoms with Gasteiger partial charge in [0.05, 0.1) is 18.2 Å². The molecule has 1 atom stereocenters. The van der Waals surface area contributed by atoms with Gasteiger partial charge >= 0.3 is 6.03 Å². The lowest BCUT2D eigenvalue weighted by Gasteiger charge is -2.39. The Hall–Kier alpha value is -2.76. The molecule has 2 aromatic rings. The van der Waals surface area contributed by atoms with Crippen LogP contribution in [0.25, 0.3) is 0 Å². The summed E-state index contributed by atoms with van der Waals surface area (Å²) in [6.45, 7) is 3.85. The van der Waals surface area contributed by atoms with E-state index >= 15 is 0 Å². The second kappa shape index (κ2) is 8.08. The number of nitrogens with zero attached hydrogens (tertiary/aromatic N) is 1. The molecular formula is C20H25N3O3. The highest BCUT2D eigenvalue weighted by atomic mass is 16.3. The van der Waals surface area contributed by atoms with E-state index < -0.39 is 5.41 Å². The van der Waals surface area contributed by atoms with E-state index in [4.69, 9.17) is 4.42 Å². The first-order chi connectivity index (χ1) is 12.6. The maximum Gasteiger partial charge on any atom is 0.317 e. The Bertz CT molecular complexity index is 730. The highest BCUT2D eigenvalue weighted by Gasteiger charge is 2.39. The van der Waals surface area contributed by atoms with Crippen LogP contribution in [0.1, 0.15) is 31.1 Å². The van der Waals surface area contributed by atoms with E-state index in [9.17, 15) is 9.59 Å². The molecular weight excluding hydrogens is 330 g/mol. The minimum absolute atomic E-state index is 0.00936. The van der Waals surface area contributed by atoms with Gasteiger partial charge in [0.25, 0.3) is 0 Å². The van der Waals surface area contributed by atoms with Crippen molar-refractivity contribution in [2.75, 3.05) is 13.1 Å². The fraction of sp³-hybridized carbons (Fsp3) is 0.400. The van der Waals surface area contributed by atoms with Gasteiger partial charge in [0.2, 0.25) is 5.91 Å². The van der Waals surface area contributed by atoms with Gasteiger partial charge in [-0.2, -0.15) is 0 Å². The largest absolute Gasteiger partial charge is 0.467 e. The molecule has 6 nitrogen and oxygen atoms in total. The van der Waals surface area contributed by atoms with Crippen LogP contribution in [-0.4, -0.2) is 29.9 Å². The molecule has 1 aliphatic heterocycles. The quantitative estimate of drug-likeness (QED) is 0.866. The van der Waals surface area contributed by atoms with Crippen molar-refractivity contribution in [1.82, 2.24) is 15.5 Å². The summed E-state index contributed by atoms with van der Waals surface area (Å²) in [4.78, 5) is 26.9. The third-order valence-electron chi connectivity index (χ3n) is 4.82. The van der Waals surface area contributed by atoms with Crippen LogP contribution in [0, 0.1) is 5.41 Å². The van der Waals surface area contributed by atoms with Crippen LogP contribution >= 0.6 is 0 Å². The van der Waals surface area contributed by atoms with Gasteiger partial charge in [0, 0.05) is 19.6 Å². The number of furan rings is 1. The Labute approximate surface area is 153 Å². The van der Waals surface area contributed by atoms with Crippen molar-refractivity contribution in [3.05, 3.63) is 60.1 Å². The average molecular weight is 355 g/mol. The van der Waals surface area contributed by atoms with E-state index in [1.54, 1.807) is 17.2 Å². The zero-order valence-corrected chi connectivity index (χ0v) is 15.0. The lowest BCUT2D eigenvalue weighted by Crippen LogP contribution is -2.53. The standard InChI is InChI=1S/C20H25N3O3/c1-20(18(24)21-13-16-7-3-2-4-8-16)10-6-11-23(15-20)19(25)22-14-17-9-5-12-26-17/h2-5,7-9,12H,6,10-11,13-15H2,1H3,(H,21,24)(H,22,25)/t20-/m0/s1. The lowest BCUT2D eigenvalue weighted by atomic mass is 9.81. The van der Waals surface area contributed by atoms with E-state index in [1.807, 2.05) is 43.3 Å². The third-order valence-corrected chi connectivity index (χ3v) is 4.82. The van der Waals surface area contributed by atoms with E-state index in [1.165, 1.54) is 0 Å². The Balaban J connectivity index is 1.53. The van der Waals surface area contributed by atoms with Crippen LogP contribution in [0.2, 0.25) is 0 Å². The first kappa shape index (κ1) is 18.0. The molecule has 1 saturated heterocycles. The number of nitrogens with one attached hydrogen (secondary N) is 2. The van der Waals surface area contributed by atoms with Crippen LogP contribution in [0.15, 0.2) is 53.1 Å². The molecule has 1 aromatic heterocycles. The minimum Gasteiger partial charge on any atom is -0.467 e. The number of carbonyl (C=O) groups is 2. The molecule has 138 valence electrons. The summed E-state index contributed by atoms with van der Waals surface area (Å²) < 4.78 is 5.23. The van der Waals surface area contributed by atoms with Crippen molar-refractivity contribution in [2.45, 2.75) is 32.9 Å². The summed E-state index contributed by atoms with van der Waals surface area (Å²) in [5.41, 5.74) is 0.489. The number of likely N-dealkylation sites (tertiary alicyclic amines) is 1. The number of hydrogen-bond donors (Lipinski definition) is 2. The Morgan fingerprint density at radius 1 is 1.12 bits per heavy atom. The van der Waals surface area contributed by atoms with Crippen molar-refractivity contribution in [3.63, 3.8) is 0 Å². The first-order valence-electron chi connectivity index (χ1n) is 8.94. The third kappa shape index (κ3) is 4.45. The van der Waals surface area contributed by atoms with E-state index in [0.29, 0.717) is 31.9 Å². The molecule has 0 spiro atoms. The zero-order chi connectivity index (χ0) is 18.4. The van der Waals surface area contributed by atoms with Crippen LogP contribution in [0.3, 0.4) is 0 Å². The van der Waals surface area contributed by atoms with Crippen LogP contribution in [-0.2, 0) is 17.9 Å². The van der Waals surface area contributed by atoms with Gasteiger partial charge < -0.3 is 20.0 Å². The molecule has 0 radical (unpaired) electrons. The highest BCUT2D eigenvalue weighted by molar-refractivity contribution is 5.84.